The molecule has 0 aromatic carbocycles. The molecule has 19 heavy (non-hydrogen) atoms. The van der Waals surface area contributed by atoms with Crippen LogP contribution in [0.4, 0.5) is 0 Å². The zero-order valence-corrected chi connectivity index (χ0v) is 13.5. The molecule has 0 N–H and O–H groups in total. The summed E-state index contributed by atoms with van der Waals surface area (Å²) < 4.78 is 0. The van der Waals surface area contributed by atoms with Crippen molar-refractivity contribution in [1.29, 1.82) is 0 Å². The van der Waals surface area contributed by atoms with Crippen LogP contribution in [0.25, 0.3) is 0 Å². The van der Waals surface area contributed by atoms with E-state index in [0.29, 0.717) is 0 Å². The second-order valence-electron chi connectivity index (χ2n) is 5.19. The van der Waals surface area contributed by atoms with Gasteiger partial charge < -0.3 is 4.90 Å². The normalized spacial score (nSPS) is 12.2. The van der Waals surface area contributed by atoms with Gasteiger partial charge in [-0.25, -0.2) is 0 Å². The monoisotopic (exact) mass is 265 g/mol. The van der Waals surface area contributed by atoms with E-state index in [1.807, 2.05) is 0 Å². The van der Waals surface area contributed by atoms with Crippen LogP contribution in [0.5, 0.6) is 0 Å². The second-order valence-corrected chi connectivity index (χ2v) is 5.19. The number of unbranched alkanes of at least 4 members (excludes halogenated alkanes) is 4. The minimum atomic E-state index is 1.17. The summed E-state index contributed by atoms with van der Waals surface area (Å²) in [7, 11) is 0. The minimum Gasteiger partial charge on any atom is -0.304 e. The maximum Gasteiger partial charge on any atom is -0.00187 e. The smallest absolute Gasteiger partial charge is 0.00187 e. The quantitative estimate of drug-likeness (QED) is 0.310. The number of allylic oxidation sites excluding steroid dienone is 4. The van der Waals surface area contributed by atoms with Crippen molar-refractivity contribution in [2.45, 2.75) is 72.1 Å². The van der Waals surface area contributed by atoms with Crippen molar-refractivity contribution in [3.8, 4) is 0 Å². The highest BCUT2D eigenvalue weighted by molar-refractivity contribution is 4.80. The van der Waals surface area contributed by atoms with Crippen LogP contribution >= 0.6 is 0 Å². The summed E-state index contributed by atoms with van der Waals surface area (Å²) >= 11 is 0. The van der Waals surface area contributed by atoms with E-state index in [2.05, 4.69) is 50.0 Å². The molecule has 0 aromatic heterocycles. The molecule has 0 saturated heterocycles. The molecule has 0 aliphatic carbocycles. The summed E-state index contributed by atoms with van der Waals surface area (Å²) in [5.41, 5.74) is 0. The molecule has 1 heteroatoms. The molecule has 0 rings (SSSR count). The van der Waals surface area contributed by atoms with Crippen molar-refractivity contribution in [2.24, 2.45) is 0 Å². The molecule has 1 nitrogen and oxygen atoms in total. The molecule has 0 amide bonds. The molecule has 0 radical (unpaired) electrons. The lowest BCUT2D eigenvalue weighted by molar-refractivity contribution is 0.276. The van der Waals surface area contributed by atoms with Crippen molar-refractivity contribution in [1.82, 2.24) is 4.90 Å². The molecule has 0 atom stereocenters. The number of hydrogen-bond donors (Lipinski definition) is 0. The van der Waals surface area contributed by atoms with Gasteiger partial charge in [-0.3, -0.25) is 0 Å². The molecule has 0 fully saturated rings. The van der Waals surface area contributed by atoms with Crippen molar-refractivity contribution < 1.29 is 0 Å². The van der Waals surface area contributed by atoms with Crippen molar-refractivity contribution in [3.63, 3.8) is 0 Å². The first-order valence-corrected chi connectivity index (χ1v) is 8.37. The standard InChI is InChI=1S/C18H35N/c1-4-7-9-11-13-15-17-19(6-3)18-16-14-12-10-8-5-2/h7-10H,4-6,11-18H2,1-3H3/b9-7+,10-8+. The maximum absolute atomic E-state index is 2.60. The molecule has 0 aliphatic rings. The second kappa shape index (κ2) is 15.5. The van der Waals surface area contributed by atoms with E-state index in [9.17, 15) is 0 Å². The lowest BCUT2D eigenvalue weighted by atomic mass is 10.2. The predicted molar refractivity (Wildman–Crippen MR) is 88.7 cm³/mol. The SMILES string of the molecule is CC/C=C/CCCCN(CC)CCCC/C=C/CC. The molecule has 0 unspecified atom stereocenters. The zero-order chi connectivity index (χ0) is 14.2. The molecule has 0 spiro atoms. The van der Waals surface area contributed by atoms with Gasteiger partial charge in [0.25, 0.3) is 0 Å². The fraction of sp³-hybridized carbons (Fsp3) is 0.778. The Morgan fingerprint density at radius 3 is 1.47 bits per heavy atom. The molecular weight excluding hydrogens is 230 g/mol. The van der Waals surface area contributed by atoms with Crippen LogP contribution in [-0.2, 0) is 0 Å². The van der Waals surface area contributed by atoms with Gasteiger partial charge in [-0.05, 0) is 71.0 Å². The third-order valence-electron chi connectivity index (χ3n) is 3.44. The van der Waals surface area contributed by atoms with Gasteiger partial charge in [0.2, 0.25) is 0 Å². The predicted octanol–water partition coefficient (Wildman–Crippen LogP) is 5.58. The van der Waals surface area contributed by atoms with Crippen LogP contribution in [0, 0.1) is 0 Å². The van der Waals surface area contributed by atoms with Gasteiger partial charge >= 0.3 is 0 Å². The summed E-state index contributed by atoms with van der Waals surface area (Å²) in [6.07, 6.45) is 19.4. The Bertz CT molecular complexity index is 196. The summed E-state index contributed by atoms with van der Waals surface area (Å²) in [5.74, 6) is 0. The first kappa shape index (κ1) is 18.4. The van der Waals surface area contributed by atoms with Gasteiger partial charge in [0.05, 0.1) is 0 Å². The van der Waals surface area contributed by atoms with Gasteiger partial charge in [0.1, 0.15) is 0 Å². The third-order valence-corrected chi connectivity index (χ3v) is 3.44. The van der Waals surface area contributed by atoms with E-state index >= 15 is 0 Å². The van der Waals surface area contributed by atoms with E-state index in [0.717, 1.165) is 0 Å². The zero-order valence-electron chi connectivity index (χ0n) is 13.5. The van der Waals surface area contributed by atoms with Crippen molar-refractivity contribution in [2.75, 3.05) is 19.6 Å². The maximum atomic E-state index is 2.60. The Balaban J connectivity index is 3.44. The minimum absolute atomic E-state index is 1.17. The molecule has 0 aliphatic heterocycles. The highest BCUT2D eigenvalue weighted by Crippen LogP contribution is 2.04. The Kier molecular flexibility index (Phi) is 15.0. The van der Waals surface area contributed by atoms with Crippen LogP contribution in [0.15, 0.2) is 24.3 Å². The largest absolute Gasteiger partial charge is 0.304 e. The van der Waals surface area contributed by atoms with Crippen LogP contribution in [-0.4, -0.2) is 24.5 Å². The lowest BCUT2D eigenvalue weighted by Gasteiger charge is -2.19. The van der Waals surface area contributed by atoms with Crippen LogP contribution in [0.3, 0.4) is 0 Å². The molecule has 0 aromatic rings. The topological polar surface area (TPSA) is 3.24 Å². The highest BCUT2D eigenvalue weighted by atomic mass is 15.1. The van der Waals surface area contributed by atoms with E-state index in [-0.39, 0.29) is 0 Å². The third kappa shape index (κ3) is 13.7. The Labute approximate surface area is 121 Å². The summed E-state index contributed by atoms with van der Waals surface area (Å²) in [6.45, 7) is 10.4. The summed E-state index contributed by atoms with van der Waals surface area (Å²) in [5, 5.41) is 0. The Hall–Kier alpha value is -0.560. The highest BCUT2D eigenvalue weighted by Gasteiger charge is 2.00. The van der Waals surface area contributed by atoms with Gasteiger partial charge in [0.15, 0.2) is 0 Å². The number of rotatable bonds is 13. The average Bonchev–Trinajstić information content (AvgIpc) is 2.44. The summed E-state index contributed by atoms with van der Waals surface area (Å²) in [6, 6.07) is 0. The van der Waals surface area contributed by atoms with Gasteiger partial charge in [-0.1, -0.05) is 45.1 Å². The van der Waals surface area contributed by atoms with E-state index in [1.54, 1.807) is 0 Å². The lowest BCUT2D eigenvalue weighted by Crippen LogP contribution is -2.25. The average molecular weight is 265 g/mol. The van der Waals surface area contributed by atoms with Crippen molar-refractivity contribution >= 4 is 0 Å². The Morgan fingerprint density at radius 1 is 0.632 bits per heavy atom. The number of nitrogens with zero attached hydrogens (tertiary/aromatic N) is 1. The van der Waals surface area contributed by atoms with Crippen LogP contribution in [0.2, 0.25) is 0 Å². The fourth-order valence-electron chi connectivity index (χ4n) is 2.19. The van der Waals surface area contributed by atoms with Crippen LogP contribution in [0.1, 0.15) is 72.1 Å². The number of hydrogen-bond acceptors (Lipinski definition) is 1. The van der Waals surface area contributed by atoms with Gasteiger partial charge in [-0.15, -0.1) is 0 Å². The molecule has 0 saturated carbocycles. The van der Waals surface area contributed by atoms with Crippen molar-refractivity contribution in [3.05, 3.63) is 24.3 Å². The molecule has 0 bridgehead atoms. The first-order chi connectivity index (χ1) is 9.35. The van der Waals surface area contributed by atoms with E-state index in [1.165, 1.54) is 71.0 Å². The van der Waals surface area contributed by atoms with Gasteiger partial charge in [-0.2, -0.15) is 0 Å². The molecule has 0 heterocycles. The Morgan fingerprint density at radius 2 is 1.11 bits per heavy atom. The van der Waals surface area contributed by atoms with E-state index < -0.39 is 0 Å². The van der Waals surface area contributed by atoms with Gasteiger partial charge in [0, 0.05) is 0 Å². The summed E-state index contributed by atoms with van der Waals surface area (Å²) in [4.78, 5) is 2.60. The molecular formula is C18H35N. The van der Waals surface area contributed by atoms with E-state index in [4.69, 9.17) is 0 Å². The first-order valence-electron chi connectivity index (χ1n) is 8.37. The van der Waals surface area contributed by atoms with Crippen LogP contribution < -0.4 is 0 Å². The molecule has 112 valence electrons. The fourth-order valence-corrected chi connectivity index (χ4v) is 2.19.